The molecule has 0 atom stereocenters. The predicted molar refractivity (Wildman–Crippen MR) is 67.4 cm³/mol. The minimum atomic E-state index is -3.80. The molecule has 0 saturated carbocycles. The Hall–Kier alpha value is -1.59. The van der Waals surface area contributed by atoms with Crippen molar-refractivity contribution in [1.29, 1.82) is 0 Å². The number of hydrogen-bond acceptors (Lipinski definition) is 3. The second-order valence-electron chi connectivity index (χ2n) is 3.38. The second kappa shape index (κ2) is 5.65. The molecule has 0 bridgehead atoms. The molecular weight excluding hydrogens is 238 g/mol. The van der Waals surface area contributed by atoms with Crippen molar-refractivity contribution >= 4 is 10.0 Å². The number of hydrogen-bond donors (Lipinski definition) is 1. The molecule has 0 aromatic heterocycles. The number of nitrogens with two attached hydrogens (primary N) is 1. The molecule has 1 rings (SSSR count). The van der Waals surface area contributed by atoms with Gasteiger partial charge in [-0.05, 0) is 18.1 Å². The zero-order valence-electron chi connectivity index (χ0n) is 9.43. The monoisotopic (exact) mass is 253 g/mol. The van der Waals surface area contributed by atoms with Gasteiger partial charge in [-0.2, -0.15) is 0 Å². The summed E-state index contributed by atoms with van der Waals surface area (Å²) < 4.78 is 28.2. The van der Waals surface area contributed by atoms with Gasteiger partial charge >= 0.3 is 0 Å². The Bertz CT molecular complexity index is 521. The number of ether oxygens (including phenoxy) is 1. The van der Waals surface area contributed by atoms with Crippen molar-refractivity contribution < 1.29 is 13.2 Å². The van der Waals surface area contributed by atoms with E-state index in [1.807, 2.05) is 0 Å². The Morgan fingerprint density at radius 2 is 2.00 bits per heavy atom. The van der Waals surface area contributed by atoms with E-state index in [-0.39, 0.29) is 17.3 Å². The van der Waals surface area contributed by atoms with E-state index in [0.29, 0.717) is 6.42 Å². The predicted octanol–water partition coefficient (Wildman–Crippen LogP) is 1.63. The van der Waals surface area contributed by atoms with Crippen molar-refractivity contribution in [2.24, 2.45) is 5.14 Å². The van der Waals surface area contributed by atoms with Crippen molar-refractivity contribution in [1.82, 2.24) is 0 Å². The van der Waals surface area contributed by atoms with Crippen LogP contribution >= 0.6 is 0 Å². The van der Waals surface area contributed by atoms with E-state index >= 15 is 0 Å². The van der Waals surface area contributed by atoms with Gasteiger partial charge in [-0.3, -0.25) is 0 Å². The Kier molecular flexibility index (Phi) is 4.48. The summed E-state index contributed by atoms with van der Waals surface area (Å²) in [4.78, 5) is -0.0151. The summed E-state index contributed by atoms with van der Waals surface area (Å²) >= 11 is 0. The fourth-order valence-electron chi connectivity index (χ4n) is 1.41. The molecule has 2 N–H and O–H groups in total. The molecule has 0 amide bonds. The molecule has 0 radical (unpaired) electrons. The number of primary sulfonamides is 1. The first-order chi connectivity index (χ1) is 8.00. The van der Waals surface area contributed by atoms with E-state index in [1.165, 1.54) is 12.1 Å². The average Bonchev–Trinajstić information content (AvgIpc) is 2.26. The Balaban J connectivity index is 3.33. The van der Waals surface area contributed by atoms with Gasteiger partial charge in [-0.25, -0.2) is 13.6 Å². The van der Waals surface area contributed by atoms with Crippen LogP contribution in [0.3, 0.4) is 0 Å². The molecule has 0 aliphatic carbocycles. The topological polar surface area (TPSA) is 69.4 Å². The maximum absolute atomic E-state index is 11.4. The molecule has 1 aromatic carbocycles. The van der Waals surface area contributed by atoms with Crippen molar-refractivity contribution in [2.45, 2.75) is 11.3 Å². The van der Waals surface area contributed by atoms with Crippen LogP contribution in [0.15, 0.2) is 48.4 Å². The highest BCUT2D eigenvalue weighted by atomic mass is 32.2. The van der Waals surface area contributed by atoms with Gasteiger partial charge in [-0.15, -0.1) is 6.58 Å². The SMILES string of the molecule is C=CCOc1c(CC=C)cccc1S(N)(=O)=O. The quantitative estimate of drug-likeness (QED) is 0.783. The summed E-state index contributed by atoms with van der Waals surface area (Å²) in [5.74, 6) is 0.273. The normalized spacial score (nSPS) is 10.9. The molecule has 0 aliphatic heterocycles. The summed E-state index contributed by atoms with van der Waals surface area (Å²) in [6.45, 7) is 7.35. The molecule has 0 heterocycles. The maximum Gasteiger partial charge on any atom is 0.241 e. The molecule has 0 aliphatic rings. The zero-order chi connectivity index (χ0) is 12.9. The number of benzene rings is 1. The Labute approximate surface area is 101 Å². The number of allylic oxidation sites excluding steroid dienone is 1. The highest BCUT2D eigenvalue weighted by molar-refractivity contribution is 7.89. The van der Waals surface area contributed by atoms with E-state index in [1.54, 1.807) is 18.2 Å². The van der Waals surface area contributed by atoms with Crippen LogP contribution in [0, 0.1) is 0 Å². The molecule has 0 fully saturated rings. The van der Waals surface area contributed by atoms with Gasteiger partial charge in [0.05, 0.1) is 0 Å². The molecule has 1 aromatic rings. The first-order valence-electron chi connectivity index (χ1n) is 5.00. The third-order valence-corrected chi connectivity index (χ3v) is 3.01. The van der Waals surface area contributed by atoms with Gasteiger partial charge in [0.2, 0.25) is 10.0 Å². The smallest absolute Gasteiger partial charge is 0.241 e. The lowest BCUT2D eigenvalue weighted by Gasteiger charge is -2.12. The molecule has 0 spiro atoms. The molecule has 92 valence electrons. The van der Waals surface area contributed by atoms with Gasteiger partial charge in [0.15, 0.2) is 0 Å². The molecule has 4 nitrogen and oxygen atoms in total. The van der Waals surface area contributed by atoms with Crippen LogP contribution in [0.25, 0.3) is 0 Å². The van der Waals surface area contributed by atoms with Crippen LogP contribution in [-0.4, -0.2) is 15.0 Å². The van der Waals surface area contributed by atoms with E-state index < -0.39 is 10.0 Å². The van der Waals surface area contributed by atoms with E-state index in [4.69, 9.17) is 9.88 Å². The molecular formula is C12H15NO3S. The molecule has 0 saturated heterocycles. The largest absolute Gasteiger partial charge is 0.488 e. The van der Waals surface area contributed by atoms with Crippen LogP contribution in [0.4, 0.5) is 0 Å². The van der Waals surface area contributed by atoms with Gasteiger partial charge in [0.1, 0.15) is 17.3 Å². The average molecular weight is 253 g/mol. The van der Waals surface area contributed by atoms with Crippen LogP contribution in [0.5, 0.6) is 5.75 Å². The standard InChI is InChI=1S/C12H15NO3S/c1-3-6-10-7-5-8-11(17(13,14)15)12(10)16-9-4-2/h3-5,7-8H,1-2,6,9H2,(H2,13,14,15). The van der Waals surface area contributed by atoms with Crippen molar-refractivity contribution in [3.8, 4) is 5.75 Å². The van der Waals surface area contributed by atoms with Crippen molar-refractivity contribution in [3.63, 3.8) is 0 Å². The fraction of sp³-hybridized carbons (Fsp3) is 0.167. The lowest BCUT2D eigenvalue weighted by molar-refractivity contribution is 0.350. The van der Waals surface area contributed by atoms with Crippen LogP contribution in [-0.2, 0) is 16.4 Å². The molecule has 17 heavy (non-hydrogen) atoms. The van der Waals surface area contributed by atoms with E-state index in [9.17, 15) is 8.42 Å². The number of rotatable bonds is 6. The number of sulfonamides is 1. The lowest BCUT2D eigenvalue weighted by atomic mass is 10.1. The third kappa shape index (κ3) is 3.44. The van der Waals surface area contributed by atoms with E-state index in [0.717, 1.165) is 5.56 Å². The van der Waals surface area contributed by atoms with Gasteiger partial charge in [0.25, 0.3) is 0 Å². The first-order valence-corrected chi connectivity index (χ1v) is 6.54. The van der Waals surface area contributed by atoms with E-state index in [2.05, 4.69) is 13.2 Å². The van der Waals surface area contributed by atoms with Gasteiger partial charge < -0.3 is 4.74 Å². The first kappa shape index (κ1) is 13.5. The summed E-state index contributed by atoms with van der Waals surface area (Å²) in [6.07, 6.45) is 3.72. The zero-order valence-corrected chi connectivity index (χ0v) is 10.2. The highest BCUT2D eigenvalue weighted by Gasteiger charge is 2.17. The Morgan fingerprint density at radius 3 is 2.53 bits per heavy atom. The minimum Gasteiger partial charge on any atom is -0.488 e. The lowest BCUT2D eigenvalue weighted by Crippen LogP contribution is -2.15. The van der Waals surface area contributed by atoms with Crippen LogP contribution in [0.2, 0.25) is 0 Å². The van der Waals surface area contributed by atoms with Crippen molar-refractivity contribution in [2.75, 3.05) is 6.61 Å². The fourth-order valence-corrected chi connectivity index (χ4v) is 2.12. The van der Waals surface area contributed by atoms with Crippen LogP contribution in [0.1, 0.15) is 5.56 Å². The summed E-state index contributed by atoms with van der Waals surface area (Å²) in [5.41, 5.74) is 0.730. The summed E-state index contributed by atoms with van der Waals surface area (Å²) in [6, 6.07) is 4.81. The molecule has 0 unspecified atom stereocenters. The summed E-state index contributed by atoms with van der Waals surface area (Å²) in [7, 11) is -3.80. The summed E-state index contributed by atoms with van der Waals surface area (Å²) in [5, 5.41) is 5.13. The van der Waals surface area contributed by atoms with Gasteiger partial charge in [-0.1, -0.05) is 30.9 Å². The van der Waals surface area contributed by atoms with Crippen LogP contribution < -0.4 is 9.88 Å². The Morgan fingerprint density at radius 1 is 1.29 bits per heavy atom. The van der Waals surface area contributed by atoms with Gasteiger partial charge in [0, 0.05) is 0 Å². The minimum absolute atomic E-state index is 0.0151. The molecule has 5 heteroatoms. The second-order valence-corrected chi connectivity index (χ2v) is 4.91. The third-order valence-electron chi connectivity index (χ3n) is 2.08. The number of para-hydroxylation sites is 1. The van der Waals surface area contributed by atoms with Crippen molar-refractivity contribution in [3.05, 3.63) is 49.1 Å². The maximum atomic E-state index is 11.4. The highest BCUT2D eigenvalue weighted by Crippen LogP contribution is 2.28.